The van der Waals surface area contributed by atoms with Gasteiger partial charge in [0.15, 0.2) is 0 Å². The van der Waals surface area contributed by atoms with Gasteiger partial charge in [0.25, 0.3) is 0 Å². The van der Waals surface area contributed by atoms with Gasteiger partial charge < -0.3 is 10.0 Å². The van der Waals surface area contributed by atoms with Gasteiger partial charge >= 0.3 is 5.97 Å². The summed E-state index contributed by atoms with van der Waals surface area (Å²) in [4.78, 5) is 17.7. The number of anilines is 1. The maximum atomic E-state index is 11.7. The highest BCUT2D eigenvalue weighted by atomic mass is 32.1. The zero-order valence-corrected chi connectivity index (χ0v) is 13.8. The molecule has 5 heteroatoms. The number of carboxylic acids is 1. The van der Waals surface area contributed by atoms with Crippen molar-refractivity contribution in [2.24, 2.45) is 5.92 Å². The summed E-state index contributed by atoms with van der Waals surface area (Å²) in [6, 6.07) is 8.39. The van der Waals surface area contributed by atoms with Gasteiger partial charge in [-0.2, -0.15) is 0 Å². The number of rotatable bonds is 3. The summed E-state index contributed by atoms with van der Waals surface area (Å²) in [6.45, 7) is 5.11. The van der Waals surface area contributed by atoms with E-state index in [0.29, 0.717) is 0 Å². The third kappa shape index (κ3) is 2.85. The number of aliphatic carboxylic acids is 1. The molecular weight excluding hydrogens is 302 g/mol. The van der Waals surface area contributed by atoms with E-state index < -0.39 is 5.97 Å². The normalized spacial score (nSPS) is 22.5. The van der Waals surface area contributed by atoms with Crippen molar-refractivity contribution >= 4 is 33.6 Å². The summed E-state index contributed by atoms with van der Waals surface area (Å²) in [5.41, 5.74) is 0. The van der Waals surface area contributed by atoms with Crippen molar-refractivity contribution in [3.63, 3.8) is 0 Å². The van der Waals surface area contributed by atoms with Crippen LogP contribution in [0.15, 0.2) is 24.3 Å². The minimum absolute atomic E-state index is 0.0343. The predicted molar refractivity (Wildman–Crippen MR) is 88.6 cm³/mol. The quantitative estimate of drug-likeness (QED) is 0.907. The summed E-state index contributed by atoms with van der Waals surface area (Å²) in [5.74, 6) is -0.997. The Labute approximate surface area is 132 Å². The number of hydrogen-bond donors (Lipinski definition) is 1. The molecule has 2 aromatic rings. The third-order valence-corrected chi connectivity index (χ3v) is 6.12. The SMILES string of the molecule is Cc1ccc(C2C(C(=O)O)CCCN2c2ccc(C)s2)s1. The molecule has 3 heterocycles. The molecule has 0 bridgehead atoms. The zero-order valence-electron chi connectivity index (χ0n) is 12.2. The van der Waals surface area contributed by atoms with Crippen LogP contribution in [0.25, 0.3) is 0 Å². The lowest BCUT2D eigenvalue weighted by molar-refractivity contribution is -0.143. The van der Waals surface area contributed by atoms with Crippen molar-refractivity contribution in [2.45, 2.75) is 32.7 Å². The third-order valence-electron chi connectivity index (χ3n) is 4.01. The summed E-state index contributed by atoms with van der Waals surface area (Å²) >= 11 is 3.47. The first-order chi connectivity index (χ1) is 10.1. The Morgan fingerprint density at radius 1 is 1.19 bits per heavy atom. The highest BCUT2D eigenvalue weighted by Gasteiger charge is 2.38. The fourth-order valence-electron chi connectivity index (χ4n) is 3.04. The number of thiophene rings is 2. The minimum Gasteiger partial charge on any atom is -0.481 e. The van der Waals surface area contributed by atoms with E-state index in [1.165, 1.54) is 19.6 Å². The highest BCUT2D eigenvalue weighted by Crippen LogP contribution is 2.43. The second-order valence-electron chi connectivity index (χ2n) is 5.56. The van der Waals surface area contributed by atoms with Gasteiger partial charge in [-0.1, -0.05) is 0 Å². The first-order valence-electron chi connectivity index (χ1n) is 7.18. The maximum Gasteiger partial charge on any atom is 0.308 e. The Kier molecular flexibility index (Phi) is 4.04. The molecule has 1 aliphatic rings. The monoisotopic (exact) mass is 321 g/mol. The molecule has 0 aliphatic carbocycles. The van der Waals surface area contributed by atoms with Crippen LogP contribution >= 0.6 is 22.7 Å². The molecule has 3 nitrogen and oxygen atoms in total. The lowest BCUT2D eigenvalue weighted by Crippen LogP contribution is -2.41. The second kappa shape index (κ2) is 5.81. The molecule has 1 N–H and O–H groups in total. The van der Waals surface area contributed by atoms with E-state index in [0.717, 1.165) is 19.4 Å². The largest absolute Gasteiger partial charge is 0.481 e. The van der Waals surface area contributed by atoms with Crippen molar-refractivity contribution in [2.75, 3.05) is 11.4 Å². The fourth-order valence-corrected chi connectivity index (χ4v) is 5.02. The van der Waals surface area contributed by atoms with Crippen LogP contribution in [0.2, 0.25) is 0 Å². The van der Waals surface area contributed by atoms with Crippen LogP contribution in [0.1, 0.15) is 33.5 Å². The summed E-state index contributed by atoms with van der Waals surface area (Å²) in [7, 11) is 0. The average molecular weight is 321 g/mol. The highest BCUT2D eigenvalue weighted by molar-refractivity contribution is 7.16. The number of hydrogen-bond acceptors (Lipinski definition) is 4. The lowest BCUT2D eigenvalue weighted by Gasteiger charge is -2.39. The van der Waals surface area contributed by atoms with E-state index in [2.05, 4.69) is 43.0 Å². The van der Waals surface area contributed by atoms with Gasteiger partial charge in [-0.15, -0.1) is 22.7 Å². The molecule has 2 atom stereocenters. The molecule has 0 amide bonds. The minimum atomic E-state index is -0.677. The van der Waals surface area contributed by atoms with E-state index in [1.54, 1.807) is 22.7 Å². The number of aryl methyl sites for hydroxylation is 2. The van der Waals surface area contributed by atoms with Crippen LogP contribution < -0.4 is 4.90 Å². The van der Waals surface area contributed by atoms with E-state index >= 15 is 0 Å². The number of piperidine rings is 1. The van der Waals surface area contributed by atoms with Gasteiger partial charge in [-0.05, 0) is 51.0 Å². The average Bonchev–Trinajstić information content (AvgIpc) is 3.06. The van der Waals surface area contributed by atoms with Crippen LogP contribution in [0, 0.1) is 19.8 Å². The van der Waals surface area contributed by atoms with E-state index in [9.17, 15) is 9.90 Å². The molecule has 112 valence electrons. The molecule has 0 saturated carbocycles. The van der Waals surface area contributed by atoms with Crippen LogP contribution in [0.5, 0.6) is 0 Å². The Morgan fingerprint density at radius 3 is 2.48 bits per heavy atom. The van der Waals surface area contributed by atoms with Gasteiger partial charge in [-0.25, -0.2) is 0 Å². The van der Waals surface area contributed by atoms with Crippen LogP contribution in [-0.4, -0.2) is 17.6 Å². The van der Waals surface area contributed by atoms with Crippen molar-refractivity contribution in [3.05, 3.63) is 38.9 Å². The van der Waals surface area contributed by atoms with Crippen LogP contribution in [-0.2, 0) is 4.79 Å². The Morgan fingerprint density at radius 2 is 1.90 bits per heavy atom. The van der Waals surface area contributed by atoms with Crippen LogP contribution in [0.4, 0.5) is 5.00 Å². The number of carbonyl (C=O) groups is 1. The first kappa shape index (κ1) is 14.6. The van der Waals surface area contributed by atoms with Crippen molar-refractivity contribution < 1.29 is 9.90 Å². The van der Waals surface area contributed by atoms with Crippen molar-refractivity contribution in [1.82, 2.24) is 0 Å². The Balaban J connectivity index is 2.01. The smallest absolute Gasteiger partial charge is 0.308 e. The topological polar surface area (TPSA) is 40.5 Å². The van der Waals surface area contributed by atoms with Gasteiger partial charge in [0, 0.05) is 21.2 Å². The molecule has 21 heavy (non-hydrogen) atoms. The molecule has 0 aromatic carbocycles. The Bertz CT molecular complexity index is 646. The summed E-state index contributed by atoms with van der Waals surface area (Å²) in [5, 5.41) is 10.8. The maximum absolute atomic E-state index is 11.7. The standard InChI is InChI=1S/C16H19NO2S2/c1-10-5-7-13(20-10)15-12(16(18)19)4-3-9-17(15)14-8-6-11(2)21-14/h5-8,12,15H,3-4,9H2,1-2H3,(H,18,19). The zero-order chi connectivity index (χ0) is 15.0. The number of carboxylic acid groups (broad SMARTS) is 1. The Hall–Kier alpha value is -1.33. The van der Waals surface area contributed by atoms with Crippen molar-refractivity contribution in [1.29, 1.82) is 0 Å². The first-order valence-corrected chi connectivity index (χ1v) is 8.82. The predicted octanol–water partition coefficient (Wildman–Crippen LogP) is 4.47. The molecule has 1 fully saturated rings. The molecule has 1 aliphatic heterocycles. The van der Waals surface area contributed by atoms with Gasteiger partial charge in [0.1, 0.15) is 0 Å². The van der Waals surface area contributed by atoms with Gasteiger partial charge in [0.05, 0.1) is 17.0 Å². The van der Waals surface area contributed by atoms with Crippen LogP contribution in [0.3, 0.4) is 0 Å². The van der Waals surface area contributed by atoms with E-state index in [4.69, 9.17) is 0 Å². The lowest BCUT2D eigenvalue weighted by atomic mass is 9.88. The van der Waals surface area contributed by atoms with Gasteiger partial charge in [0.2, 0.25) is 0 Å². The molecule has 3 rings (SSSR count). The molecule has 2 aromatic heterocycles. The number of nitrogens with zero attached hydrogens (tertiary/aromatic N) is 1. The molecule has 0 spiro atoms. The van der Waals surface area contributed by atoms with E-state index in [-0.39, 0.29) is 12.0 Å². The fraction of sp³-hybridized carbons (Fsp3) is 0.438. The molecule has 0 radical (unpaired) electrons. The van der Waals surface area contributed by atoms with Gasteiger partial charge in [-0.3, -0.25) is 4.79 Å². The molecule has 1 saturated heterocycles. The summed E-state index contributed by atoms with van der Waals surface area (Å²) in [6.07, 6.45) is 1.70. The summed E-state index contributed by atoms with van der Waals surface area (Å²) < 4.78 is 0. The molecular formula is C16H19NO2S2. The van der Waals surface area contributed by atoms with E-state index in [1.807, 2.05) is 0 Å². The second-order valence-corrected chi connectivity index (χ2v) is 8.14. The van der Waals surface area contributed by atoms with Crippen molar-refractivity contribution in [3.8, 4) is 0 Å². The molecule has 2 unspecified atom stereocenters.